The Morgan fingerprint density at radius 3 is 2.61 bits per heavy atom. The number of ether oxygens (including phenoxy) is 1. The summed E-state index contributed by atoms with van der Waals surface area (Å²) in [6, 6.07) is 11.8. The Morgan fingerprint density at radius 1 is 1.17 bits per heavy atom. The first-order valence-corrected chi connectivity index (χ1v) is 13.6. The van der Waals surface area contributed by atoms with Gasteiger partial charge in [0.15, 0.2) is 0 Å². The molecule has 190 valence electrons. The summed E-state index contributed by atoms with van der Waals surface area (Å²) in [6.07, 6.45) is 2.89. The van der Waals surface area contributed by atoms with Crippen LogP contribution in [-0.4, -0.2) is 32.8 Å². The lowest BCUT2D eigenvalue weighted by molar-refractivity contribution is -0.0497. The van der Waals surface area contributed by atoms with Crippen LogP contribution in [0.4, 0.5) is 8.78 Å². The molecule has 1 unspecified atom stereocenters. The third-order valence-corrected chi connectivity index (χ3v) is 8.13. The highest BCUT2D eigenvalue weighted by atomic mass is 35.5. The van der Waals surface area contributed by atoms with Crippen LogP contribution < -0.4 is 4.74 Å². The molecule has 0 amide bonds. The lowest BCUT2D eigenvalue weighted by atomic mass is 9.99. The Hall–Kier alpha value is -2.58. The Balaban J connectivity index is 1.52. The van der Waals surface area contributed by atoms with Gasteiger partial charge in [-0.05, 0) is 80.0 Å². The zero-order chi connectivity index (χ0) is 25.4. The van der Waals surface area contributed by atoms with E-state index < -0.39 is 6.61 Å². The van der Waals surface area contributed by atoms with Gasteiger partial charge in [-0.3, -0.25) is 0 Å². The highest BCUT2D eigenvalue weighted by molar-refractivity contribution is 7.99. The van der Waals surface area contributed by atoms with Crippen molar-refractivity contribution < 1.29 is 18.0 Å². The number of alkyl halides is 2. The van der Waals surface area contributed by atoms with E-state index in [-0.39, 0.29) is 16.7 Å². The largest absolute Gasteiger partial charge is 0.433 e. The van der Waals surface area contributed by atoms with Crippen LogP contribution in [0.2, 0.25) is 5.02 Å². The molecular formula is C27H28ClF2N3O2S. The highest BCUT2D eigenvalue weighted by Gasteiger charge is 2.25. The SMILES string of the molecule is Cc1noc(C)c1-c1ccc2c(c1)nc(C(C)Cc1ccc(OC(F)F)c(Cl)c1)n2C1CCSCC1. The van der Waals surface area contributed by atoms with Crippen LogP contribution in [0.25, 0.3) is 22.2 Å². The number of hydrogen-bond donors (Lipinski definition) is 0. The minimum atomic E-state index is -2.91. The molecule has 0 aliphatic carbocycles. The van der Waals surface area contributed by atoms with E-state index in [2.05, 4.69) is 39.6 Å². The summed E-state index contributed by atoms with van der Waals surface area (Å²) < 4.78 is 37.5. The molecule has 1 aliphatic heterocycles. The maximum Gasteiger partial charge on any atom is 0.387 e. The van der Waals surface area contributed by atoms with Crippen LogP contribution in [0.3, 0.4) is 0 Å². The molecule has 9 heteroatoms. The Kier molecular flexibility index (Phi) is 7.26. The topological polar surface area (TPSA) is 53.1 Å². The third-order valence-electron chi connectivity index (χ3n) is 6.79. The molecule has 2 aromatic heterocycles. The highest BCUT2D eigenvalue weighted by Crippen LogP contribution is 2.37. The van der Waals surface area contributed by atoms with E-state index in [1.807, 2.05) is 25.6 Å². The Bertz CT molecular complexity index is 1360. The van der Waals surface area contributed by atoms with Crippen LogP contribution in [-0.2, 0) is 6.42 Å². The molecular weight excluding hydrogens is 504 g/mol. The van der Waals surface area contributed by atoms with Crippen molar-refractivity contribution in [2.45, 2.75) is 58.6 Å². The molecule has 2 aromatic carbocycles. The van der Waals surface area contributed by atoms with Gasteiger partial charge in [0.25, 0.3) is 0 Å². The van der Waals surface area contributed by atoms with Crippen LogP contribution >= 0.6 is 23.4 Å². The lowest BCUT2D eigenvalue weighted by Crippen LogP contribution is -2.19. The fraction of sp³-hybridized carbons (Fsp3) is 0.407. The fourth-order valence-electron chi connectivity index (χ4n) is 5.15. The number of aryl methyl sites for hydroxylation is 2. The predicted octanol–water partition coefficient (Wildman–Crippen LogP) is 7.98. The number of halogens is 3. The molecule has 0 saturated carbocycles. The van der Waals surface area contributed by atoms with E-state index in [1.54, 1.807) is 12.1 Å². The monoisotopic (exact) mass is 531 g/mol. The summed E-state index contributed by atoms with van der Waals surface area (Å²) in [5.74, 6) is 4.17. The number of fused-ring (bicyclic) bond motifs is 1. The predicted molar refractivity (Wildman–Crippen MR) is 141 cm³/mol. The van der Waals surface area contributed by atoms with E-state index in [4.69, 9.17) is 21.1 Å². The molecule has 0 N–H and O–H groups in total. The summed E-state index contributed by atoms with van der Waals surface area (Å²) in [7, 11) is 0. The maximum atomic E-state index is 12.6. The van der Waals surface area contributed by atoms with Crippen LogP contribution in [0, 0.1) is 13.8 Å². The minimum Gasteiger partial charge on any atom is -0.433 e. The first-order valence-electron chi connectivity index (χ1n) is 12.1. The molecule has 0 radical (unpaired) electrons. The number of imidazole rings is 1. The van der Waals surface area contributed by atoms with Crippen LogP contribution in [0.1, 0.15) is 54.6 Å². The zero-order valence-electron chi connectivity index (χ0n) is 20.4. The van der Waals surface area contributed by atoms with Crippen molar-refractivity contribution >= 4 is 34.4 Å². The number of rotatable bonds is 7. The molecule has 4 aromatic rings. The van der Waals surface area contributed by atoms with Crippen LogP contribution in [0.15, 0.2) is 40.9 Å². The Labute approximate surface area is 218 Å². The van der Waals surface area contributed by atoms with E-state index in [1.165, 1.54) is 6.07 Å². The minimum absolute atomic E-state index is 0.0122. The molecule has 1 fully saturated rings. The number of hydrogen-bond acceptors (Lipinski definition) is 5. The molecule has 1 saturated heterocycles. The van der Waals surface area contributed by atoms with E-state index in [9.17, 15) is 8.78 Å². The smallest absolute Gasteiger partial charge is 0.387 e. The van der Waals surface area contributed by atoms with Gasteiger partial charge in [-0.2, -0.15) is 20.5 Å². The van der Waals surface area contributed by atoms with Crippen LogP contribution in [0.5, 0.6) is 5.75 Å². The fourth-order valence-corrected chi connectivity index (χ4v) is 6.48. The van der Waals surface area contributed by atoms with Gasteiger partial charge in [-0.25, -0.2) is 4.98 Å². The second kappa shape index (κ2) is 10.4. The Morgan fingerprint density at radius 2 is 1.94 bits per heavy atom. The van der Waals surface area contributed by atoms with Crippen molar-refractivity contribution in [3.8, 4) is 16.9 Å². The summed E-state index contributed by atoms with van der Waals surface area (Å²) in [4.78, 5) is 5.14. The summed E-state index contributed by atoms with van der Waals surface area (Å²) in [6.45, 7) is 3.12. The number of nitrogens with zero attached hydrogens (tertiary/aromatic N) is 3. The first kappa shape index (κ1) is 25.1. The van der Waals surface area contributed by atoms with Gasteiger partial charge >= 0.3 is 6.61 Å². The zero-order valence-corrected chi connectivity index (χ0v) is 22.0. The first-order chi connectivity index (χ1) is 17.3. The summed E-state index contributed by atoms with van der Waals surface area (Å²) >= 11 is 8.22. The van der Waals surface area contributed by atoms with Crippen molar-refractivity contribution in [3.63, 3.8) is 0 Å². The molecule has 5 rings (SSSR count). The van der Waals surface area contributed by atoms with Gasteiger partial charge < -0.3 is 13.8 Å². The molecule has 1 atom stereocenters. The molecule has 3 heterocycles. The van der Waals surface area contributed by atoms with Gasteiger partial charge in [0.2, 0.25) is 0 Å². The molecule has 36 heavy (non-hydrogen) atoms. The van der Waals surface area contributed by atoms with E-state index in [0.29, 0.717) is 12.5 Å². The van der Waals surface area contributed by atoms with Gasteiger partial charge in [-0.15, -0.1) is 0 Å². The van der Waals surface area contributed by atoms with Crippen molar-refractivity contribution in [1.82, 2.24) is 14.7 Å². The van der Waals surface area contributed by atoms with Gasteiger partial charge in [0.05, 0.1) is 21.7 Å². The molecule has 1 aliphatic rings. The van der Waals surface area contributed by atoms with E-state index in [0.717, 1.165) is 69.3 Å². The van der Waals surface area contributed by atoms with Gasteiger partial charge in [0.1, 0.15) is 17.3 Å². The standard InChI is InChI=1S/C27H28ClF2N3O2S/c1-15(12-18-4-7-24(21(28)13-18)34-27(29)30)26-31-22-14-19(25-16(2)32-35-17(25)3)5-6-23(22)33(26)20-8-10-36-11-9-20/h4-7,13-15,20,27H,8-12H2,1-3H3. The van der Waals surface area contributed by atoms with Gasteiger partial charge in [0, 0.05) is 17.5 Å². The second-order valence-corrected chi connectivity index (χ2v) is 11.0. The van der Waals surface area contributed by atoms with E-state index >= 15 is 0 Å². The van der Waals surface area contributed by atoms with Crippen molar-refractivity contribution in [1.29, 1.82) is 0 Å². The molecule has 0 bridgehead atoms. The van der Waals surface area contributed by atoms with Crippen molar-refractivity contribution in [3.05, 3.63) is 64.3 Å². The molecule has 5 nitrogen and oxygen atoms in total. The average Bonchev–Trinajstić information content (AvgIpc) is 3.40. The van der Waals surface area contributed by atoms with Crippen molar-refractivity contribution in [2.24, 2.45) is 0 Å². The lowest BCUT2D eigenvalue weighted by Gasteiger charge is -2.27. The number of benzene rings is 2. The third kappa shape index (κ3) is 4.98. The van der Waals surface area contributed by atoms with Gasteiger partial charge in [-0.1, -0.05) is 35.8 Å². The maximum absolute atomic E-state index is 12.6. The number of thioether (sulfide) groups is 1. The summed E-state index contributed by atoms with van der Waals surface area (Å²) in [5.41, 5.74) is 5.94. The quantitative estimate of drug-likeness (QED) is 0.242. The molecule has 0 spiro atoms. The summed E-state index contributed by atoms with van der Waals surface area (Å²) in [5, 5.41) is 4.29. The average molecular weight is 532 g/mol. The second-order valence-electron chi connectivity index (χ2n) is 9.33. The van der Waals surface area contributed by atoms with Crippen molar-refractivity contribution in [2.75, 3.05) is 11.5 Å². The number of aromatic nitrogens is 3. The normalized spacial score (nSPS) is 15.6.